The lowest BCUT2D eigenvalue weighted by Crippen LogP contribution is -2.24. The summed E-state index contributed by atoms with van der Waals surface area (Å²) < 4.78 is 5.94. The molecule has 21 heavy (non-hydrogen) atoms. The van der Waals surface area contributed by atoms with Crippen LogP contribution < -0.4 is 4.74 Å². The molecule has 0 heterocycles. The molecule has 0 bridgehead atoms. The highest BCUT2D eigenvalue weighted by atomic mass is 32.1. The Kier molecular flexibility index (Phi) is 4.68. The molecule has 0 radical (unpaired) electrons. The van der Waals surface area contributed by atoms with Gasteiger partial charge in [0, 0.05) is 5.41 Å². The van der Waals surface area contributed by atoms with E-state index in [4.69, 9.17) is 4.74 Å². The summed E-state index contributed by atoms with van der Waals surface area (Å²) in [7, 11) is 0. The third kappa shape index (κ3) is 4.67. The van der Waals surface area contributed by atoms with Gasteiger partial charge in [0.25, 0.3) is 0 Å². The quantitative estimate of drug-likeness (QED) is 0.684. The lowest BCUT2D eigenvalue weighted by Gasteiger charge is -2.33. The number of thiol groups is 1. The van der Waals surface area contributed by atoms with Gasteiger partial charge >= 0.3 is 0 Å². The van der Waals surface area contributed by atoms with Gasteiger partial charge in [-0.2, -0.15) is 12.6 Å². The topological polar surface area (TPSA) is 9.23 Å². The van der Waals surface area contributed by atoms with E-state index in [1.165, 1.54) is 24.8 Å². The molecule has 1 aromatic carbocycles. The third-order valence-electron chi connectivity index (χ3n) is 4.45. The summed E-state index contributed by atoms with van der Waals surface area (Å²) in [6.45, 7) is 12.4. The van der Waals surface area contributed by atoms with Crippen molar-refractivity contribution in [3.8, 4) is 5.75 Å². The average Bonchev–Trinajstić information content (AvgIpc) is 3.15. The summed E-state index contributed by atoms with van der Waals surface area (Å²) in [5, 5.41) is 0. The van der Waals surface area contributed by atoms with E-state index in [2.05, 4.69) is 71.5 Å². The van der Waals surface area contributed by atoms with Crippen LogP contribution in [0.3, 0.4) is 0 Å². The second kappa shape index (κ2) is 5.87. The minimum atomic E-state index is 0.194. The van der Waals surface area contributed by atoms with Gasteiger partial charge in [0.2, 0.25) is 0 Å². The molecule has 2 heteroatoms. The van der Waals surface area contributed by atoms with Crippen LogP contribution in [0.5, 0.6) is 5.75 Å². The summed E-state index contributed by atoms with van der Waals surface area (Å²) in [5.41, 5.74) is 2.27. The fourth-order valence-electron chi connectivity index (χ4n) is 3.19. The summed E-state index contributed by atoms with van der Waals surface area (Å²) >= 11 is 4.42. The van der Waals surface area contributed by atoms with Crippen molar-refractivity contribution in [2.75, 3.05) is 12.4 Å². The Bertz CT molecular complexity index is 463. The Morgan fingerprint density at radius 1 is 1.05 bits per heavy atom. The fraction of sp³-hybridized carbons (Fsp3) is 0.684. The molecule has 0 amide bonds. The van der Waals surface area contributed by atoms with E-state index in [0.717, 1.165) is 18.1 Å². The van der Waals surface area contributed by atoms with E-state index < -0.39 is 0 Å². The van der Waals surface area contributed by atoms with Crippen molar-refractivity contribution < 1.29 is 4.74 Å². The van der Waals surface area contributed by atoms with Crippen molar-refractivity contribution in [3.05, 3.63) is 29.8 Å². The first kappa shape index (κ1) is 16.7. The molecule has 0 aliphatic heterocycles. The van der Waals surface area contributed by atoms with E-state index in [0.29, 0.717) is 10.8 Å². The highest BCUT2D eigenvalue weighted by Gasteiger charge is 2.42. The summed E-state index contributed by atoms with van der Waals surface area (Å²) in [4.78, 5) is 0. The molecule has 0 unspecified atom stereocenters. The van der Waals surface area contributed by atoms with Gasteiger partial charge in [-0.25, -0.2) is 0 Å². The second-order valence-corrected chi connectivity index (χ2v) is 8.91. The van der Waals surface area contributed by atoms with Crippen molar-refractivity contribution >= 4 is 12.6 Å². The summed E-state index contributed by atoms with van der Waals surface area (Å²) in [6, 6.07) is 8.69. The maximum atomic E-state index is 5.94. The highest BCUT2D eigenvalue weighted by Crippen LogP contribution is 2.46. The van der Waals surface area contributed by atoms with Crippen molar-refractivity contribution in [2.45, 2.75) is 59.3 Å². The zero-order chi connectivity index (χ0) is 15.7. The van der Waals surface area contributed by atoms with Gasteiger partial charge in [-0.1, -0.05) is 46.8 Å². The van der Waals surface area contributed by atoms with E-state index in [1.54, 1.807) is 0 Å². The monoisotopic (exact) mass is 306 g/mol. The summed E-state index contributed by atoms with van der Waals surface area (Å²) in [6.07, 6.45) is 3.68. The van der Waals surface area contributed by atoms with Gasteiger partial charge in [-0.15, -0.1) is 0 Å². The Hall–Kier alpha value is -0.630. The predicted molar refractivity (Wildman–Crippen MR) is 94.6 cm³/mol. The molecule has 1 aliphatic carbocycles. The van der Waals surface area contributed by atoms with Crippen LogP contribution in [0.25, 0.3) is 0 Å². The van der Waals surface area contributed by atoms with Crippen LogP contribution in [0.2, 0.25) is 0 Å². The van der Waals surface area contributed by atoms with E-state index >= 15 is 0 Å². The summed E-state index contributed by atoms with van der Waals surface area (Å²) in [5.74, 6) is 1.92. The number of ether oxygens (including phenoxy) is 1. The van der Waals surface area contributed by atoms with Crippen LogP contribution >= 0.6 is 12.6 Å². The van der Waals surface area contributed by atoms with E-state index in [1.807, 2.05) is 0 Å². The van der Waals surface area contributed by atoms with E-state index in [9.17, 15) is 0 Å². The molecule has 0 spiro atoms. The maximum Gasteiger partial charge on any atom is 0.119 e. The number of hydrogen-bond acceptors (Lipinski definition) is 2. The second-order valence-electron chi connectivity index (χ2n) is 8.59. The van der Waals surface area contributed by atoms with Crippen molar-refractivity contribution in [2.24, 2.45) is 10.8 Å². The molecule has 0 N–H and O–H groups in total. The van der Waals surface area contributed by atoms with Crippen molar-refractivity contribution in [1.29, 1.82) is 0 Å². The molecule has 1 aromatic rings. The lowest BCUT2D eigenvalue weighted by molar-refractivity contribution is 0.250. The Labute approximate surface area is 135 Å². The van der Waals surface area contributed by atoms with Crippen LogP contribution in [0.1, 0.15) is 59.4 Å². The van der Waals surface area contributed by atoms with Crippen LogP contribution in [0.15, 0.2) is 24.3 Å². The molecule has 118 valence electrons. The molecule has 1 aliphatic rings. The Morgan fingerprint density at radius 2 is 1.62 bits per heavy atom. The molecule has 1 fully saturated rings. The normalized spacial score (nSPS) is 17.6. The smallest absolute Gasteiger partial charge is 0.119 e. The first-order valence-electron chi connectivity index (χ1n) is 8.00. The molecular weight excluding hydrogens is 276 g/mol. The Morgan fingerprint density at radius 3 is 2.05 bits per heavy atom. The number of hydrogen-bond donors (Lipinski definition) is 1. The standard InChI is InChI=1S/C19H30OS/c1-17(2,3)12-18(4,5)15-6-8-16(9-7-15)20-13-19(14-21)10-11-19/h6-9,21H,10-14H2,1-5H3. The first-order valence-corrected chi connectivity index (χ1v) is 8.63. The molecule has 0 aromatic heterocycles. The third-order valence-corrected chi connectivity index (χ3v) is 5.12. The van der Waals surface area contributed by atoms with Crippen LogP contribution in [-0.4, -0.2) is 12.4 Å². The van der Waals surface area contributed by atoms with Gasteiger partial charge in [-0.05, 0) is 53.5 Å². The molecule has 1 saturated carbocycles. The van der Waals surface area contributed by atoms with Crippen LogP contribution in [-0.2, 0) is 5.41 Å². The minimum absolute atomic E-state index is 0.194. The van der Waals surface area contributed by atoms with Gasteiger partial charge in [0.15, 0.2) is 0 Å². The van der Waals surface area contributed by atoms with Gasteiger partial charge < -0.3 is 4.74 Å². The molecule has 0 atom stereocenters. The highest BCUT2D eigenvalue weighted by molar-refractivity contribution is 7.80. The minimum Gasteiger partial charge on any atom is -0.493 e. The molecule has 2 rings (SSSR count). The number of benzene rings is 1. The van der Waals surface area contributed by atoms with Crippen LogP contribution in [0.4, 0.5) is 0 Å². The molecular formula is C19H30OS. The largest absolute Gasteiger partial charge is 0.493 e. The van der Waals surface area contributed by atoms with Crippen molar-refractivity contribution in [3.63, 3.8) is 0 Å². The van der Waals surface area contributed by atoms with Gasteiger partial charge in [-0.3, -0.25) is 0 Å². The Balaban J connectivity index is 1.98. The SMILES string of the molecule is CC(C)(C)CC(C)(C)c1ccc(OCC2(CS)CC2)cc1. The zero-order valence-electron chi connectivity index (χ0n) is 14.2. The van der Waals surface area contributed by atoms with Gasteiger partial charge in [0.1, 0.15) is 5.75 Å². The lowest BCUT2D eigenvalue weighted by atomic mass is 9.72. The van der Waals surface area contributed by atoms with E-state index in [-0.39, 0.29) is 5.41 Å². The van der Waals surface area contributed by atoms with Crippen LogP contribution in [0, 0.1) is 10.8 Å². The molecule has 0 saturated heterocycles. The maximum absolute atomic E-state index is 5.94. The molecule has 1 nitrogen and oxygen atoms in total. The predicted octanol–water partition coefficient (Wildman–Crippen LogP) is 5.49. The zero-order valence-corrected chi connectivity index (χ0v) is 15.1. The van der Waals surface area contributed by atoms with Gasteiger partial charge in [0.05, 0.1) is 6.61 Å². The number of rotatable bonds is 6. The first-order chi connectivity index (χ1) is 9.66. The average molecular weight is 307 g/mol. The fourth-order valence-corrected chi connectivity index (χ4v) is 3.60. The van der Waals surface area contributed by atoms with Crippen molar-refractivity contribution in [1.82, 2.24) is 0 Å².